The number of aromatic nitrogens is 1. The lowest BCUT2D eigenvalue weighted by Gasteiger charge is -2.20. The van der Waals surface area contributed by atoms with E-state index in [1.165, 1.54) is 4.90 Å². The second-order valence-electron chi connectivity index (χ2n) is 5.59. The summed E-state index contributed by atoms with van der Waals surface area (Å²) >= 11 is 0. The maximum Gasteiger partial charge on any atom is 0.261 e. The second kappa shape index (κ2) is 6.22. The Balaban J connectivity index is 2.19. The monoisotopic (exact) mass is 278 g/mol. The summed E-state index contributed by atoms with van der Waals surface area (Å²) < 4.78 is 0. The quantitative estimate of drug-likeness (QED) is 0.866. The summed E-state index contributed by atoms with van der Waals surface area (Å²) in [5, 5.41) is 9.26. The van der Waals surface area contributed by atoms with Crippen LogP contribution in [0.5, 0.6) is 0 Å². The van der Waals surface area contributed by atoms with Crippen molar-refractivity contribution in [2.24, 2.45) is 0 Å². The molecule has 1 aromatic rings. The molecule has 1 unspecified atom stereocenters. The van der Waals surface area contributed by atoms with Crippen LogP contribution in [0, 0.1) is 0 Å². The van der Waals surface area contributed by atoms with Crippen LogP contribution in [0.1, 0.15) is 47.8 Å². The average Bonchev–Trinajstić information content (AvgIpc) is 2.43. The fourth-order valence-electron chi connectivity index (χ4n) is 2.52. The Bertz CT molecular complexity index is 549. The third-order valence-electron chi connectivity index (χ3n) is 3.80. The summed E-state index contributed by atoms with van der Waals surface area (Å²) in [7, 11) is 1.66. The predicted octanol–water partition coefficient (Wildman–Crippen LogP) is 1.10. The highest BCUT2D eigenvalue weighted by atomic mass is 16.3. The van der Waals surface area contributed by atoms with E-state index in [2.05, 4.69) is 4.98 Å². The van der Waals surface area contributed by atoms with Crippen molar-refractivity contribution in [2.75, 3.05) is 13.6 Å². The fraction of sp³-hybridized carbons (Fsp3) is 0.600. The van der Waals surface area contributed by atoms with Gasteiger partial charge in [-0.2, -0.15) is 0 Å². The van der Waals surface area contributed by atoms with Gasteiger partial charge in [-0.15, -0.1) is 0 Å². The van der Waals surface area contributed by atoms with Gasteiger partial charge in [-0.1, -0.05) is 0 Å². The lowest BCUT2D eigenvalue weighted by molar-refractivity contribution is 0.0767. The van der Waals surface area contributed by atoms with E-state index in [-0.39, 0.29) is 17.0 Å². The molecule has 1 heterocycles. The number of amides is 1. The molecular weight excluding hydrogens is 256 g/mol. The zero-order valence-electron chi connectivity index (χ0n) is 12.1. The maximum atomic E-state index is 12.3. The summed E-state index contributed by atoms with van der Waals surface area (Å²) in [5.41, 5.74) is 1.96. The first-order valence-corrected chi connectivity index (χ1v) is 7.17. The van der Waals surface area contributed by atoms with Crippen LogP contribution >= 0.6 is 0 Å². The van der Waals surface area contributed by atoms with Crippen LogP contribution in [0.2, 0.25) is 0 Å². The fourth-order valence-corrected chi connectivity index (χ4v) is 2.52. The number of hydrogen-bond donors (Lipinski definition) is 2. The molecule has 0 saturated carbocycles. The van der Waals surface area contributed by atoms with E-state index in [1.54, 1.807) is 20.0 Å². The number of rotatable bonds is 4. The molecule has 0 spiro atoms. The third kappa shape index (κ3) is 3.28. The van der Waals surface area contributed by atoms with E-state index in [0.717, 1.165) is 36.9 Å². The van der Waals surface area contributed by atoms with Gasteiger partial charge in [-0.3, -0.25) is 9.59 Å². The van der Waals surface area contributed by atoms with Gasteiger partial charge in [0.15, 0.2) is 0 Å². The Morgan fingerprint density at radius 1 is 1.45 bits per heavy atom. The SMILES string of the molecule is CC(O)CCN(C)C(=O)c1cc2c([nH]c1=O)CCCC2. The normalized spacial score (nSPS) is 15.6. The number of carbonyl (C=O) groups is 1. The number of nitrogens with zero attached hydrogens (tertiary/aromatic N) is 1. The zero-order chi connectivity index (χ0) is 14.7. The third-order valence-corrected chi connectivity index (χ3v) is 3.80. The van der Waals surface area contributed by atoms with E-state index in [1.807, 2.05) is 0 Å². The van der Waals surface area contributed by atoms with E-state index in [0.29, 0.717) is 13.0 Å². The number of pyridine rings is 1. The molecule has 1 atom stereocenters. The number of nitrogens with one attached hydrogen (secondary N) is 1. The molecule has 20 heavy (non-hydrogen) atoms. The molecule has 1 amide bonds. The summed E-state index contributed by atoms with van der Waals surface area (Å²) in [5.74, 6) is -0.278. The van der Waals surface area contributed by atoms with E-state index in [9.17, 15) is 14.7 Å². The van der Waals surface area contributed by atoms with Crippen LogP contribution < -0.4 is 5.56 Å². The highest BCUT2D eigenvalue weighted by Crippen LogP contribution is 2.18. The van der Waals surface area contributed by atoms with E-state index < -0.39 is 6.10 Å². The lowest BCUT2D eigenvalue weighted by Crippen LogP contribution is -2.34. The Morgan fingerprint density at radius 3 is 2.85 bits per heavy atom. The molecule has 0 radical (unpaired) electrons. The van der Waals surface area contributed by atoms with Crippen molar-refractivity contribution in [2.45, 2.75) is 45.1 Å². The molecule has 1 aliphatic carbocycles. The number of aliphatic hydroxyl groups excluding tert-OH is 1. The number of carbonyl (C=O) groups excluding carboxylic acids is 1. The van der Waals surface area contributed by atoms with Crippen molar-refractivity contribution in [1.29, 1.82) is 0 Å². The maximum absolute atomic E-state index is 12.3. The molecule has 2 rings (SSSR count). The molecule has 5 nitrogen and oxygen atoms in total. The van der Waals surface area contributed by atoms with Gasteiger partial charge in [0.05, 0.1) is 6.10 Å². The Hall–Kier alpha value is -1.62. The number of H-pyrrole nitrogens is 1. The second-order valence-corrected chi connectivity index (χ2v) is 5.59. The Kier molecular flexibility index (Phi) is 4.60. The summed E-state index contributed by atoms with van der Waals surface area (Å²) in [6, 6.07) is 1.74. The first-order valence-electron chi connectivity index (χ1n) is 7.17. The Labute approximate surface area is 118 Å². The minimum Gasteiger partial charge on any atom is -0.393 e. The number of aromatic amines is 1. The van der Waals surface area contributed by atoms with E-state index in [4.69, 9.17) is 0 Å². The predicted molar refractivity (Wildman–Crippen MR) is 77.0 cm³/mol. The smallest absolute Gasteiger partial charge is 0.261 e. The Morgan fingerprint density at radius 2 is 2.15 bits per heavy atom. The largest absolute Gasteiger partial charge is 0.393 e. The highest BCUT2D eigenvalue weighted by molar-refractivity contribution is 5.93. The van der Waals surface area contributed by atoms with Gasteiger partial charge in [-0.05, 0) is 50.7 Å². The topological polar surface area (TPSA) is 73.4 Å². The average molecular weight is 278 g/mol. The van der Waals surface area contributed by atoms with Crippen LogP contribution in [-0.4, -0.2) is 40.6 Å². The van der Waals surface area contributed by atoms with Gasteiger partial charge in [0.2, 0.25) is 0 Å². The van der Waals surface area contributed by atoms with Crippen molar-refractivity contribution in [3.8, 4) is 0 Å². The first kappa shape index (κ1) is 14.8. The van der Waals surface area contributed by atoms with E-state index >= 15 is 0 Å². The lowest BCUT2D eigenvalue weighted by atomic mass is 9.95. The van der Waals surface area contributed by atoms with Crippen molar-refractivity contribution >= 4 is 5.91 Å². The van der Waals surface area contributed by atoms with Gasteiger partial charge >= 0.3 is 0 Å². The van der Waals surface area contributed by atoms with Gasteiger partial charge in [-0.25, -0.2) is 0 Å². The van der Waals surface area contributed by atoms with Gasteiger partial charge < -0.3 is 15.0 Å². The molecule has 1 aliphatic rings. The molecule has 0 saturated heterocycles. The minimum atomic E-state index is -0.452. The van der Waals surface area contributed by atoms with Crippen molar-refractivity contribution in [3.63, 3.8) is 0 Å². The molecule has 0 aromatic carbocycles. The van der Waals surface area contributed by atoms with Crippen LogP contribution in [-0.2, 0) is 12.8 Å². The molecule has 0 fully saturated rings. The van der Waals surface area contributed by atoms with Crippen LogP contribution in [0.4, 0.5) is 0 Å². The molecule has 0 bridgehead atoms. The van der Waals surface area contributed by atoms with Crippen LogP contribution in [0.25, 0.3) is 0 Å². The summed E-state index contributed by atoms with van der Waals surface area (Å²) in [6.07, 6.45) is 4.05. The van der Waals surface area contributed by atoms with Gasteiger partial charge in [0.1, 0.15) is 5.56 Å². The number of hydrogen-bond acceptors (Lipinski definition) is 3. The molecule has 0 aliphatic heterocycles. The molecule has 1 aromatic heterocycles. The van der Waals surface area contributed by atoms with Gasteiger partial charge in [0.25, 0.3) is 11.5 Å². The number of fused-ring (bicyclic) bond motifs is 1. The summed E-state index contributed by atoms with van der Waals surface area (Å²) in [4.78, 5) is 28.6. The van der Waals surface area contributed by atoms with Crippen LogP contribution in [0.3, 0.4) is 0 Å². The standard InChI is InChI=1S/C15H22N2O3/c1-10(18)7-8-17(2)15(20)12-9-11-5-3-4-6-13(11)16-14(12)19/h9-10,18H,3-8H2,1-2H3,(H,16,19). The highest BCUT2D eigenvalue weighted by Gasteiger charge is 2.19. The first-order chi connectivity index (χ1) is 9.49. The van der Waals surface area contributed by atoms with Crippen LogP contribution in [0.15, 0.2) is 10.9 Å². The molecule has 110 valence electrons. The zero-order valence-corrected chi connectivity index (χ0v) is 12.1. The molecular formula is C15H22N2O3. The summed E-state index contributed by atoms with van der Waals surface area (Å²) in [6.45, 7) is 2.12. The number of aryl methyl sites for hydroxylation is 2. The molecule has 5 heteroatoms. The van der Waals surface area contributed by atoms with Crippen molar-refractivity contribution in [1.82, 2.24) is 9.88 Å². The van der Waals surface area contributed by atoms with Crippen molar-refractivity contribution in [3.05, 3.63) is 33.2 Å². The van der Waals surface area contributed by atoms with Gasteiger partial charge in [0, 0.05) is 19.3 Å². The minimum absolute atomic E-state index is 0.207. The van der Waals surface area contributed by atoms with Crippen molar-refractivity contribution < 1.29 is 9.90 Å². The molecule has 2 N–H and O–H groups in total. The number of aliphatic hydroxyl groups is 1.